The molecule has 0 saturated heterocycles. The van der Waals surface area contributed by atoms with Crippen LogP contribution >= 0.6 is 0 Å². The summed E-state index contributed by atoms with van der Waals surface area (Å²) in [7, 11) is 0. The average molecular weight is 293 g/mol. The van der Waals surface area contributed by atoms with Gasteiger partial charge in [-0.3, -0.25) is 4.40 Å². The molecule has 3 nitrogen and oxygen atoms in total. The molecule has 2 heterocycles. The molecule has 0 unspecified atom stereocenters. The lowest BCUT2D eigenvalue weighted by molar-refractivity contribution is 0.629. The third-order valence-electron chi connectivity index (χ3n) is 3.63. The number of anilines is 1. The Morgan fingerprint density at radius 2 is 1.82 bits per heavy atom. The molecule has 1 N–H and O–H groups in total. The topological polar surface area (TPSA) is 29.3 Å². The number of hydrogen-bond acceptors (Lipinski definition) is 2. The zero-order valence-electron chi connectivity index (χ0n) is 13.9. The van der Waals surface area contributed by atoms with Crippen molar-refractivity contribution in [1.29, 1.82) is 0 Å². The van der Waals surface area contributed by atoms with Gasteiger partial charge in [-0.2, -0.15) is 0 Å². The monoisotopic (exact) mass is 293 g/mol. The number of aromatic nitrogens is 2. The van der Waals surface area contributed by atoms with Crippen LogP contribution in [0.1, 0.15) is 31.9 Å². The predicted octanol–water partition coefficient (Wildman–Crippen LogP) is 4.83. The maximum absolute atomic E-state index is 4.91. The maximum Gasteiger partial charge on any atom is 0.142 e. The molecule has 0 aliphatic rings. The number of benzene rings is 1. The van der Waals surface area contributed by atoms with E-state index in [0.717, 1.165) is 22.7 Å². The van der Waals surface area contributed by atoms with Crippen LogP contribution in [0.5, 0.6) is 0 Å². The second kappa shape index (κ2) is 5.16. The molecule has 1 aromatic carbocycles. The van der Waals surface area contributed by atoms with Crippen molar-refractivity contribution in [2.45, 2.75) is 40.2 Å². The van der Waals surface area contributed by atoms with E-state index in [1.165, 1.54) is 11.1 Å². The van der Waals surface area contributed by atoms with E-state index in [2.05, 4.69) is 86.9 Å². The van der Waals surface area contributed by atoms with E-state index in [1.54, 1.807) is 0 Å². The summed E-state index contributed by atoms with van der Waals surface area (Å²) in [6, 6.07) is 12.7. The van der Waals surface area contributed by atoms with Crippen LogP contribution in [0.25, 0.3) is 16.9 Å². The number of fused-ring (bicyclic) bond motifs is 1. The summed E-state index contributed by atoms with van der Waals surface area (Å²) in [6.45, 7) is 10.7. The second-order valence-electron chi connectivity index (χ2n) is 6.94. The van der Waals surface area contributed by atoms with Gasteiger partial charge in [0.2, 0.25) is 0 Å². The normalized spacial score (nSPS) is 11.9. The van der Waals surface area contributed by atoms with Crippen molar-refractivity contribution in [3.63, 3.8) is 0 Å². The maximum atomic E-state index is 4.91. The summed E-state index contributed by atoms with van der Waals surface area (Å²) in [5, 5.41) is 3.62. The highest BCUT2D eigenvalue weighted by atomic mass is 15.2. The number of pyridine rings is 1. The molecule has 3 heteroatoms. The van der Waals surface area contributed by atoms with Gasteiger partial charge in [0.05, 0.1) is 0 Å². The minimum atomic E-state index is -0.0295. The first-order valence-corrected chi connectivity index (χ1v) is 7.68. The number of nitrogens with zero attached hydrogens (tertiary/aromatic N) is 2. The van der Waals surface area contributed by atoms with Crippen LogP contribution in [0, 0.1) is 13.8 Å². The number of imidazole rings is 1. The molecule has 114 valence electrons. The van der Waals surface area contributed by atoms with Gasteiger partial charge in [0.1, 0.15) is 17.2 Å². The van der Waals surface area contributed by atoms with Crippen LogP contribution < -0.4 is 5.32 Å². The Hall–Kier alpha value is -2.29. The van der Waals surface area contributed by atoms with Crippen molar-refractivity contribution in [3.05, 3.63) is 53.7 Å². The third-order valence-corrected chi connectivity index (χ3v) is 3.63. The van der Waals surface area contributed by atoms with Crippen molar-refractivity contribution in [2.24, 2.45) is 0 Å². The Labute approximate surface area is 132 Å². The van der Waals surface area contributed by atoms with Crippen LogP contribution in [0.3, 0.4) is 0 Å². The molecule has 3 rings (SSSR count). The van der Waals surface area contributed by atoms with E-state index in [0.29, 0.717) is 0 Å². The summed E-state index contributed by atoms with van der Waals surface area (Å²) in [4.78, 5) is 4.91. The molecule has 0 bridgehead atoms. The lowest BCUT2D eigenvalue weighted by atomic mass is 10.1. The fraction of sp³-hybridized carbons (Fsp3) is 0.316. The predicted molar refractivity (Wildman–Crippen MR) is 93.5 cm³/mol. The first-order valence-electron chi connectivity index (χ1n) is 7.68. The largest absolute Gasteiger partial charge is 0.365 e. The molecule has 3 aromatic rings. The zero-order valence-corrected chi connectivity index (χ0v) is 13.9. The molecular formula is C19H23N3. The molecule has 0 saturated carbocycles. The molecule has 0 fully saturated rings. The van der Waals surface area contributed by atoms with Gasteiger partial charge in [-0.05, 0) is 52.3 Å². The van der Waals surface area contributed by atoms with Crippen LogP contribution in [0.2, 0.25) is 0 Å². The van der Waals surface area contributed by atoms with Crippen molar-refractivity contribution >= 4 is 11.5 Å². The molecule has 0 radical (unpaired) electrons. The Bertz CT molecular complexity index is 822. The van der Waals surface area contributed by atoms with Gasteiger partial charge >= 0.3 is 0 Å². The average Bonchev–Trinajstić information content (AvgIpc) is 2.77. The van der Waals surface area contributed by atoms with Gasteiger partial charge in [-0.15, -0.1) is 0 Å². The van der Waals surface area contributed by atoms with E-state index < -0.39 is 0 Å². The number of rotatable bonds is 2. The molecule has 0 atom stereocenters. The van der Waals surface area contributed by atoms with Crippen LogP contribution in [-0.4, -0.2) is 14.9 Å². The quantitative estimate of drug-likeness (QED) is 0.733. The molecule has 0 spiro atoms. The van der Waals surface area contributed by atoms with E-state index in [9.17, 15) is 0 Å². The molecule has 0 aliphatic carbocycles. The Morgan fingerprint density at radius 3 is 2.50 bits per heavy atom. The molecule has 0 aliphatic heterocycles. The minimum Gasteiger partial charge on any atom is -0.365 e. The van der Waals surface area contributed by atoms with E-state index >= 15 is 0 Å². The van der Waals surface area contributed by atoms with Gasteiger partial charge < -0.3 is 5.32 Å². The van der Waals surface area contributed by atoms with Gasteiger partial charge in [-0.25, -0.2) is 4.98 Å². The Kier molecular flexibility index (Phi) is 3.44. The van der Waals surface area contributed by atoms with Crippen LogP contribution in [0.15, 0.2) is 42.6 Å². The van der Waals surface area contributed by atoms with Crippen molar-refractivity contribution in [3.8, 4) is 11.3 Å². The molecule has 22 heavy (non-hydrogen) atoms. The van der Waals surface area contributed by atoms with Crippen molar-refractivity contribution < 1.29 is 0 Å². The zero-order chi connectivity index (χ0) is 15.9. The summed E-state index contributed by atoms with van der Waals surface area (Å²) in [5.41, 5.74) is 5.55. The smallest absolute Gasteiger partial charge is 0.142 e. The number of nitrogens with one attached hydrogen (secondary N) is 1. The van der Waals surface area contributed by atoms with E-state index in [1.807, 2.05) is 0 Å². The van der Waals surface area contributed by atoms with Crippen molar-refractivity contribution in [2.75, 3.05) is 5.32 Å². The third kappa shape index (κ3) is 2.71. The van der Waals surface area contributed by atoms with Gasteiger partial charge in [0.25, 0.3) is 0 Å². The highest BCUT2D eigenvalue weighted by Crippen LogP contribution is 2.32. The second-order valence-corrected chi connectivity index (χ2v) is 6.94. The number of aryl methyl sites for hydroxylation is 2. The Morgan fingerprint density at radius 1 is 1.05 bits per heavy atom. The fourth-order valence-electron chi connectivity index (χ4n) is 2.67. The molecule has 0 amide bonds. The summed E-state index contributed by atoms with van der Waals surface area (Å²) in [6.07, 6.45) is 2.07. The van der Waals surface area contributed by atoms with Gasteiger partial charge in [0, 0.05) is 17.3 Å². The van der Waals surface area contributed by atoms with Gasteiger partial charge in [-0.1, -0.05) is 29.8 Å². The van der Waals surface area contributed by atoms with Crippen LogP contribution in [-0.2, 0) is 0 Å². The molecular weight excluding hydrogens is 270 g/mol. The summed E-state index contributed by atoms with van der Waals surface area (Å²) >= 11 is 0. The molecule has 2 aromatic heterocycles. The SMILES string of the molecule is Cc1cccc(-c2nc3c(C)cccn3c2NC(C)(C)C)c1. The highest BCUT2D eigenvalue weighted by Gasteiger charge is 2.19. The Balaban J connectivity index is 2.28. The van der Waals surface area contributed by atoms with Crippen molar-refractivity contribution in [1.82, 2.24) is 9.38 Å². The number of hydrogen-bond donors (Lipinski definition) is 1. The highest BCUT2D eigenvalue weighted by molar-refractivity contribution is 5.78. The van der Waals surface area contributed by atoms with Gasteiger partial charge in [0.15, 0.2) is 0 Å². The fourth-order valence-corrected chi connectivity index (χ4v) is 2.67. The first-order chi connectivity index (χ1) is 10.3. The standard InChI is InChI=1S/C19H23N3/c1-13-8-6-10-15(12-13)16-18(21-19(3,4)5)22-11-7-9-14(2)17(22)20-16/h6-12,21H,1-5H3. The summed E-state index contributed by atoms with van der Waals surface area (Å²) < 4.78 is 2.15. The van der Waals surface area contributed by atoms with E-state index in [4.69, 9.17) is 4.98 Å². The van der Waals surface area contributed by atoms with Crippen LogP contribution in [0.4, 0.5) is 5.82 Å². The lowest BCUT2D eigenvalue weighted by Crippen LogP contribution is -2.27. The minimum absolute atomic E-state index is 0.0295. The lowest BCUT2D eigenvalue weighted by Gasteiger charge is -2.22. The summed E-state index contributed by atoms with van der Waals surface area (Å²) in [5.74, 6) is 1.05. The first kappa shape index (κ1) is 14.6. The van der Waals surface area contributed by atoms with E-state index in [-0.39, 0.29) is 5.54 Å².